The van der Waals surface area contributed by atoms with E-state index >= 15 is 0 Å². The molecule has 2 aromatic carbocycles. The molecule has 0 saturated heterocycles. The Morgan fingerprint density at radius 1 is 1.00 bits per heavy atom. The number of H-pyrrole nitrogens is 1. The number of amides is 1. The van der Waals surface area contributed by atoms with Gasteiger partial charge in [-0.05, 0) is 98.2 Å². The number of aromatic nitrogens is 4. The number of carbonyl (C=O) groups excluding carboxylic acids is 1. The Morgan fingerprint density at radius 3 is 2.57 bits per heavy atom. The number of aryl methyl sites for hydroxylation is 3. The first-order chi connectivity index (χ1) is 24.7. The predicted molar refractivity (Wildman–Crippen MR) is 188 cm³/mol. The van der Waals surface area contributed by atoms with Crippen LogP contribution in [0.1, 0.15) is 75.5 Å². The molecule has 1 saturated carbocycles. The monoisotopic (exact) mass is 706 g/mol. The predicted octanol–water partition coefficient (Wildman–Crippen LogP) is 7.38. The van der Waals surface area contributed by atoms with Crippen molar-refractivity contribution in [2.75, 3.05) is 12.4 Å². The summed E-state index contributed by atoms with van der Waals surface area (Å²) in [6, 6.07) is 13.3. The van der Waals surface area contributed by atoms with E-state index < -0.39 is 5.76 Å². The van der Waals surface area contributed by atoms with Gasteiger partial charge >= 0.3 is 5.76 Å². The van der Waals surface area contributed by atoms with Crippen molar-refractivity contribution in [3.8, 4) is 27.6 Å². The number of pyridine rings is 2. The molecule has 0 spiro atoms. The zero-order valence-corrected chi connectivity index (χ0v) is 28.5. The Bertz CT molecular complexity index is 2430. The number of hydrogen-bond donors (Lipinski definition) is 3. The summed E-state index contributed by atoms with van der Waals surface area (Å²) in [4.78, 5) is 37.1. The highest BCUT2D eigenvalue weighted by atomic mass is 32.1. The van der Waals surface area contributed by atoms with Crippen LogP contribution >= 0.6 is 11.3 Å². The van der Waals surface area contributed by atoms with Gasteiger partial charge in [-0.1, -0.05) is 18.2 Å². The number of rotatable bonds is 9. The highest BCUT2D eigenvalue weighted by molar-refractivity contribution is 7.23. The lowest BCUT2D eigenvalue weighted by Crippen LogP contribution is -2.20. The summed E-state index contributed by atoms with van der Waals surface area (Å²) in [7, 11) is 1.48. The molecule has 3 N–H and O–H groups in total. The molecule has 51 heavy (non-hydrogen) atoms. The Balaban J connectivity index is 1.21. The minimum atomic E-state index is -0.725. The maximum atomic E-state index is 14.5. The molecule has 2 aliphatic carbocycles. The highest BCUT2D eigenvalue weighted by Crippen LogP contribution is 2.51. The Kier molecular flexibility index (Phi) is 7.49. The minimum Gasteiger partial charge on any atom is -0.493 e. The molecule has 0 radical (unpaired) electrons. The van der Waals surface area contributed by atoms with Gasteiger partial charge in [-0.15, -0.1) is 16.4 Å². The molecule has 6 aromatic rings. The van der Waals surface area contributed by atoms with Gasteiger partial charge in [0.05, 0.1) is 46.4 Å². The van der Waals surface area contributed by atoms with Crippen LogP contribution in [0, 0.1) is 24.5 Å². The molecule has 0 bridgehead atoms. The van der Waals surface area contributed by atoms with Gasteiger partial charge < -0.3 is 19.8 Å². The third kappa shape index (κ3) is 5.47. The molecule has 13 heteroatoms. The summed E-state index contributed by atoms with van der Waals surface area (Å²) >= 11 is 1.48. The van der Waals surface area contributed by atoms with Crippen LogP contribution in [0.15, 0.2) is 57.7 Å². The van der Waals surface area contributed by atoms with E-state index in [-0.39, 0.29) is 41.3 Å². The van der Waals surface area contributed by atoms with Crippen molar-refractivity contribution < 1.29 is 22.7 Å². The lowest BCUT2D eigenvalue weighted by molar-refractivity contribution is 0.0953. The van der Waals surface area contributed by atoms with Crippen molar-refractivity contribution in [1.82, 2.24) is 25.5 Å². The molecule has 10 nitrogen and oxygen atoms in total. The number of methoxy groups -OCH3 is 1. The molecule has 1 fully saturated rings. The quantitative estimate of drug-likeness (QED) is 0.142. The molecule has 1 amide bonds. The number of ether oxygens (including phenoxy) is 1. The number of halogens is 2. The van der Waals surface area contributed by atoms with Gasteiger partial charge in [0, 0.05) is 21.7 Å². The summed E-state index contributed by atoms with van der Waals surface area (Å²) in [6.45, 7) is 1.93. The molecule has 1 aliphatic heterocycles. The van der Waals surface area contributed by atoms with Crippen molar-refractivity contribution in [2.45, 2.75) is 57.5 Å². The third-order valence-electron chi connectivity index (χ3n) is 10.1. The van der Waals surface area contributed by atoms with Crippen LogP contribution in [-0.2, 0) is 19.3 Å². The lowest BCUT2D eigenvalue weighted by atomic mass is 9.93. The first-order valence-electron chi connectivity index (χ1n) is 17.0. The number of anilines is 1. The molecule has 1 unspecified atom stereocenters. The Labute approximate surface area is 294 Å². The van der Waals surface area contributed by atoms with Crippen molar-refractivity contribution >= 4 is 33.1 Å². The number of aromatic amines is 1. The number of thiophene rings is 1. The number of benzene rings is 2. The molecule has 5 heterocycles. The zero-order chi connectivity index (χ0) is 35.0. The van der Waals surface area contributed by atoms with Gasteiger partial charge in [-0.3, -0.25) is 9.78 Å². The largest absolute Gasteiger partial charge is 0.493 e. The van der Waals surface area contributed by atoms with E-state index in [1.165, 1.54) is 36.6 Å². The van der Waals surface area contributed by atoms with Crippen LogP contribution in [0.25, 0.3) is 32.0 Å². The van der Waals surface area contributed by atoms with Gasteiger partial charge in [-0.25, -0.2) is 23.7 Å². The first-order valence-corrected chi connectivity index (χ1v) is 17.8. The third-order valence-corrected chi connectivity index (χ3v) is 11.3. The van der Waals surface area contributed by atoms with E-state index in [0.29, 0.717) is 59.1 Å². The van der Waals surface area contributed by atoms with Crippen LogP contribution in [0.2, 0.25) is 0 Å². The van der Waals surface area contributed by atoms with E-state index in [4.69, 9.17) is 19.1 Å². The zero-order valence-electron chi connectivity index (χ0n) is 27.7. The van der Waals surface area contributed by atoms with Gasteiger partial charge in [0.15, 0.2) is 11.6 Å². The summed E-state index contributed by atoms with van der Waals surface area (Å²) in [6.07, 6.45) is 4.35. The topological polar surface area (TPSA) is 135 Å². The summed E-state index contributed by atoms with van der Waals surface area (Å²) < 4.78 is 40.1. The molecule has 2 atom stereocenters. The molecule has 4 aromatic heterocycles. The number of nitrogens with zero attached hydrogens (tertiary/aromatic N) is 3. The Morgan fingerprint density at radius 2 is 1.82 bits per heavy atom. The SMILES string of the molecule is COc1c(F)ccc2c1CC[C@@H]2Nc1nc(C)cc2cc(-c3c4c(nc(CCc5ccc(F)cc5)c3-c3n[nH]c(=O)o3)C(C3CC3)NC4=O)sc12. The fraction of sp³-hybridized carbons (Fsp3) is 0.289. The van der Waals surface area contributed by atoms with Gasteiger partial charge in [0.2, 0.25) is 0 Å². The van der Waals surface area contributed by atoms with Crippen molar-refractivity contribution in [3.05, 3.63) is 110 Å². The van der Waals surface area contributed by atoms with Crippen molar-refractivity contribution in [3.63, 3.8) is 0 Å². The van der Waals surface area contributed by atoms with Crippen LogP contribution < -0.4 is 21.1 Å². The van der Waals surface area contributed by atoms with Gasteiger partial charge in [-0.2, -0.15) is 0 Å². The van der Waals surface area contributed by atoms with E-state index in [9.17, 15) is 18.4 Å². The first kappa shape index (κ1) is 31.5. The van der Waals surface area contributed by atoms with E-state index in [0.717, 1.165) is 56.6 Å². The number of nitrogens with one attached hydrogen (secondary N) is 3. The molecule has 3 aliphatic rings. The van der Waals surface area contributed by atoms with Crippen LogP contribution in [0.3, 0.4) is 0 Å². The fourth-order valence-electron chi connectivity index (χ4n) is 7.65. The van der Waals surface area contributed by atoms with Crippen LogP contribution in [-0.4, -0.2) is 33.2 Å². The fourth-order valence-corrected chi connectivity index (χ4v) is 8.80. The van der Waals surface area contributed by atoms with Crippen molar-refractivity contribution in [1.29, 1.82) is 0 Å². The maximum absolute atomic E-state index is 14.5. The number of hydrogen-bond acceptors (Lipinski definition) is 9. The summed E-state index contributed by atoms with van der Waals surface area (Å²) in [5.74, 6) is -0.370. The second-order valence-electron chi connectivity index (χ2n) is 13.4. The summed E-state index contributed by atoms with van der Waals surface area (Å²) in [5.41, 5.74) is 6.35. The number of carbonyl (C=O) groups is 1. The van der Waals surface area contributed by atoms with Gasteiger partial charge in [0.1, 0.15) is 11.6 Å². The normalized spacial score (nSPS) is 17.8. The second kappa shape index (κ2) is 12.1. The average Bonchev–Trinajstić information content (AvgIpc) is 3.37. The van der Waals surface area contributed by atoms with Crippen LogP contribution in [0.4, 0.5) is 14.6 Å². The standard InChI is InChI=1S/C38H32F2N6O4S/c1-17-15-20-16-27(51-34(20)35(41-17)43-25-14-11-23-22(25)10-12-24(40)33(23)49-2)29-28(37-45-46-38(48)50-37)26(13-5-18-3-8-21(39)9-4-18)42-32-30(29)36(47)44-31(32)19-6-7-19/h3-4,8-10,12,15-16,19,25,31H,5-7,11,13-14H2,1-2H3,(H,41,43)(H,44,47)(H,46,48)/t25-,31?/m0/s1. The van der Waals surface area contributed by atoms with E-state index in [1.807, 2.05) is 19.1 Å². The molecule has 9 rings (SSSR count). The minimum absolute atomic E-state index is 0.0379. The molecule has 258 valence electrons. The maximum Gasteiger partial charge on any atom is 0.434 e. The average molecular weight is 707 g/mol. The highest BCUT2D eigenvalue weighted by Gasteiger charge is 2.44. The van der Waals surface area contributed by atoms with E-state index in [1.54, 1.807) is 18.2 Å². The molecular weight excluding hydrogens is 675 g/mol. The second-order valence-corrected chi connectivity index (χ2v) is 14.5. The van der Waals surface area contributed by atoms with E-state index in [2.05, 4.69) is 20.8 Å². The van der Waals surface area contributed by atoms with Gasteiger partial charge in [0.25, 0.3) is 11.8 Å². The Hall–Kier alpha value is -5.43. The van der Waals surface area contributed by atoms with Crippen LogP contribution in [0.5, 0.6) is 5.75 Å². The number of fused-ring (bicyclic) bond motifs is 3. The summed E-state index contributed by atoms with van der Waals surface area (Å²) in [5, 5.41) is 14.4. The smallest absolute Gasteiger partial charge is 0.434 e. The van der Waals surface area contributed by atoms with Crippen molar-refractivity contribution in [2.24, 2.45) is 5.92 Å². The lowest BCUT2D eigenvalue weighted by Gasteiger charge is -2.17. The molecular formula is C38H32F2N6O4S.